The number of benzene rings is 1. The van der Waals surface area contributed by atoms with Gasteiger partial charge >= 0.3 is 0 Å². The largest absolute Gasteiger partial charge is 0.349 e. The highest BCUT2D eigenvalue weighted by atomic mass is 32.1. The summed E-state index contributed by atoms with van der Waals surface area (Å²) < 4.78 is 0. The van der Waals surface area contributed by atoms with Gasteiger partial charge in [-0.05, 0) is 49.2 Å². The fourth-order valence-corrected chi connectivity index (χ4v) is 3.80. The summed E-state index contributed by atoms with van der Waals surface area (Å²) in [7, 11) is 0. The first kappa shape index (κ1) is 20.2. The molecule has 2 heterocycles. The third-order valence-corrected chi connectivity index (χ3v) is 5.67. The second-order valence-corrected chi connectivity index (χ2v) is 7.79. The van der Waals surface area contributed by atoms with E-state index in [1.807, 2.05) is 24.3 Å². The predicted molar refractivity (Wildman–Crippen MR) is 114 cm³/mol. The van der Waals surface area contributed by atoms with Crippen molar-refractivity contribution in [2.45, 2.75) is 40.3 Å². The van der Waals surface area contributed by atoms with Crippen molar-refractivity contribution in [1.29, 1.82) is 0 Å². The van der Waals surface area contributed by atoms with E-state index in [1.54, 1.807) is 18.3 Å². The molecule has 0 aliphatic heterocycles. The van der Waals surface area contributed by atoms with Gasteiger partial charge in [0.05, 0.1) is 18.7 Å². The average Bonchev–Trinajstić information content (AvgIpc) is 3.13. The molecule has 0 aliphatic carbocycles. The summed E-state index contributed by atoms with van der Waals surface area (Å²) in [5.74, 6) is -0.0408. The molecule has 0 aliphatic rings. The van der Waals surface area contributed by atoms with E-state index >= 15 is 0 Å². The summed E-state index contributed by atoms with van der Waals surface area (Å²) in [5.41, 5.74) is 3.33. The van der Waals surface area contributed by atoms with Crippen LogP contribution in [0.3, 0.4) is 0 Å². The number of aryl methyl sites for hydroxylation is 1. The normalized spacial score (nSPS) is 11.3. The van der Waals surface area contributed by atoms with Crippen LogP contribution in [0.25, 0.3) is 10.9 Å². The zero-order chi connectivity index (χ0) is 20.1. The number of H-pyrrole nitrogens is 1. The highest BCUT2D eigenvalue weighted by Gasteiger charge is 2.09. The Labute approximate surface area is 168 Å². The molecule has 7 heteroatoms. The van der Waals surface area contributed by atoms with Gasteiger partial charge in [-0.3, -0.25) is 14.5 Å². The molecule has 3 rings (SSSR count). The first-order chi connectivity index (χ1) is 13.5. The number of fused-ring (bicyclic) bond motifs is 1. The van der Waals surface area contributed by atoms with E-state index in [0.29, 0.717) is 18.5 Å². The van der Waals surface area contributed by atoms with Gasteiger partial charge in [-0.15, -0.1) is 11.3 Å². The fourth-order valence-electron chi connectivity index (χ4n) is 3.08. The lowest BCUT2D eigenvalue weighted by atomic mass is 10.1. The van der Waals surface area contributed by atoms with Gasteiger partial charge in [0.2, 0.25) is 5.91 Å². The van der Waals surface area contributed by atoms with E-state index in [2.05, 4.69) is 39.4 Å². The lowest BCUT2D eigenvalue weighted by molar-refractivity contribution is -0.120. The van der Waals surface area contributed by atoms with Gasteiger partial charge in [0.15, 0.2) is 0 Å². The minimum absolute atomic E-state index is 0.0408. The Hall–Kier alpha value is -2.51. The number of thiazole rings is 1. The van der Waals surface area contributed by atoms with Gasteiger partial charge in [0.1, 0.15) is 5.01 Å². The predicted octanol–water partition coefficient (Wildman–Crippen LogP) is 2.99. The zero-order valence-corrected chi connectivity index (χ0v) is 17.4. The minimum atomic E-state index is -0.0817. The molecule has 0 spiro atoms. The van der Waals surface area contributed by atoms with Gasteiger partial charge in [-0.1, -0.05) is 19.9 Å². The summed E-state index contributed by atoms with van der Waals surface area (Å²) >= 11 is 1.58. The molecule has 2 N–H and O–H groups in total. The number of carbonyl (C=O) groups is 1. The fraction of sp³-hybridized carbons (Fsp3) is 0.381. The summed E-state index contributed by atoms with van der Waals surface area (Å²) in [6.45, 7) is 9.35. The number of hydrogen-bond donors (Lipinski definition) is 2. The van der Waals surface area contributed by atoms with Crippen molar-refractivity contribution in [1.82, 2.24) is 20.2 Å². The molecule has 0 bridgehead atoms. The number of nitrogens with zero attached hydrogens (tertiary/aromatic N) is 2. The molecule has 1 aromatic carbocycles. The van der Waals surface area contributed by atoms with E-state index in [1.165, 1.54) is 0 Å². The maximum atomic E-state index is 12.3. The first-order valence-corrected chi connectivity index (χ1v) is 10.4. The van der Waals surface area contributed by atoms with Crippen LogP contribution < -0.4 is 10.9 Å². The molecule has 0 saturated heterocycles. The maximum Gasteiger partial charge on any atom is 0.251 e. The highest BCUT2D eigenvalue weighted by molar-refractivity contribution is 7.09. The summed E-state index contributed by atoms with van der Waals surface area (Å²) in [6, 6.07) is 7.52. The molecular formula is C21H26N4O2S. The van der Waals surface area contributed by atoms with E-state index in [9.17, 15) is 9.59 Å². The van der Waals surface area contributed by atoms with Gasteiger partial charge in [0, 0.05) is 23.0 Å². The van der Waals surface area contributed by atoms with Gasteiger partial charge in [0.25, 0.3) is 5.56 Å². The first-order valence-electron chi connectivity index (χ1n) is 9.53. The molecular weight excluding hydrogens is 372 g/mol. The second kappa shape index (κ2) is 9.12. The molecule has 0 atom stereocenters. The third-order valence-electron chi connectivity index (χ3n) is 4.78. The molecule has 0 unspecified atom stereocenters. The van der Waals surface area contributed by atoms with Gasteiger partial charge in [-0.25, -0.2) is 4.98 Å². The van der Waals surface area contributed by atoms with Crippen LogP contribution in [0.4, 0.5) is 0 Å². The molecule has 0 radical (unpaired) electrons. The lowest BCUT2D eigenvalue weighted by Crippen LogP contribution is -2.25. The van der Waals surface area contributed by atoms with E-state index in [-0.39, 0.29) is 11.5 Å². The topological polar surface area (TPSA) is 78.1 Å². The maximum absolute atomic E-state index is 12.3. The van der Waals surface area contributed by atoms with E-state index in [4.69, 9.17) is 0 Å². The minimum Gasteiger partial charge on any atom is -0.349 e. The Kier molecular flexibility index (Phi) is 6.59. The van der Waals surface area contributed by atoms with Crippen molar-refractivity contribution < 1.29 is 4.79 Å². The molecule has 3 aromatic rings. The summed E-state index contributed by atoms with van der Waals surface area (Å²) in [4.78, 5) is 33.8. The van der Waals surface area contributed by atoms with Crippen LogP contribution >= 0.6 is 11.3 Å². The van der Waals surface area contributed by atoms with Crippen LogP contribution in [0.5, 0.6) is 0 Å². The van der Waals surface area contributed by atoms with E-state index < -0.39 is 0 Å². The van der Waals surface area contributed by atoms with Gasteiger partial charge < -0.3 is 10.3 Å². The zero-order valence-electron chi connectivity index (χ0n) is 16.5. The number of nitrogens with one attached hydrogen (secondary N) is 2. The molecule has 148 valence electrons. The average molecular weight is 399 g/mol. The van der Waals surface area contributed by atoms with Crippen molar-refractivity contribution in [3.63, 3.8) is 0 Å². The molecule has 28 heavy (non-hydrogen) atoms. The van der Waals surface area contributed by atoms with Gasteiger partial charge in [-0.2, -0.15) is 0 Å². The third kappa shape index (κ3) is 5.05. The Balaban J connectivity index is 1.57. The Morgan fingerprint density at radius 1 is 1.25 bits per heavy atom. The number of aromatic nitrogens is 2. The van der Waals surface area contributed by atoms with Crippen molar-refractivity contribution in [2.75, 3.05) is 13.1 Å². The Morgan fingerprint density at radius 2 is 2.04 bits per heavy atom. The quantitative estimate of drug-likeness (QED) is 0.611. The Morgan fingerprint density at radius 3 is 2.79 bits per heavy atom. The van der Waals surface area contributed by atoms with E-state index in [0.717, 1.165) is 46.8 Å². The summed E-state index contributed by atoms with van der Waals surface area (Å²) in [5, 5.41) is 6.86. The molecule has 6 nitrogen and oxygen atoms in total. The SMILES string of the molecule is CCN(CC)Cc1csc(CNC(=O)Cc2ccc3[nH]c(=O)c(C)cc3c2)n1. The number of amides is 1. The van der Waals surface area contributed by atoms with Crippen LogP contribution in [0.1, 0.15) is 35.7 Å². The second-order valence-electron chi connectivity index (χ2n) is 6.85. The highest BCUT2D eigenvalue weighted by Crippen LogP contribution is 2.15. The van der Waals surface area contributed by atoms with Crippen molar-refractivity contribution in [3.8, 4) is 0 Å². The lowest BCUT2D eigenvalue weighted by Gasteiger charge is -2.15. The van der Waals surface area contributed by atoms with Crippen LogP contribution in [-0.4, -0.2) is 33.9 Å². The standard InChI is InChI=1S/C21H26N4O2S/c1-4-25(5-2)12-17-13-28-20(23-17)11-22-19(26)10-15-6-7-18-16(9-15)8-14(3)21(27)24-18/h6-9,13H,4-5,10-12H2,1-3H3,(H,22,26)(H,24,27). The molecule has 1 amide bonds. The molecule has 2 aromatic heterocycles. The van der Waals surface area contributed by atoms with Crippen molar-refractivity contribution in [3.05, 3.63) is 61.8 Å². The smallest absolute Gasteiger partial charge is 0.251 e. The van der Waals surface area contributed by atoms with Crippen LogP contribution in [0.15, 0.2) is 34.4 Å². The van der Waals surface area contributed by atoms with Crippen LogP contribution in [-0.2, 0) is 24.3 Å². The summed E-state index contributed by atoms with van der Waals surface area (Å²) in [6.07, 6.45) is 0.297. The van der Waals surface area contributed by atoms with Crippen LogP contribution in [0.2, 0.25) is 0 Å². The number of hydrogen-bond acceptors (Lipinski definition) is 5. The number of aromatic amines is 1. The molecule has 0 saturated carbocycles. The van der Waals surface area contributed by atoms with Crippen molar-refractivity contribution in [2.24, 2.45) is 0 Å². The monoisotopic (exact) mass is 398 g/mol. The van der Waals surface area contributed by atoms with Crippen molar-refractivity contribution >= 4 is 28.1 Å². The van der Waals surface area contributed by atoms with Crippen LogP contribution in [0, 0.1) is 6.92 Å². The molecule has 0 fully saturated rings. The Bertz CT molecular complexity index is 1020. The number of rotatable bonds is 8. The number of pyridine rings is 1. The number of carbonyl (C=O) groups excluding carboxylic acids is 1.